The first-order chi connectivity index (χ1) is 16.7. The molecule has 0 spiro atoms. The van der Waals surface area contributed by atoms with Crippen molar-refractivity contribution in [2.45, 2.75) is 50.9 Å². The van der Waals surface area contributed by atoms with Gasteiger partial charge < -0.3 is 19.1 Å². The van der Waals surface area contributed by atoms with E-state index in [1.165, 1.54) is 18.9 Å². The number of benzene rings is 2. The van der Waals surface area contributed by atoms with Crippen LogP contribution in [0.4, 0.5) is 8.78 Å². The SMILES string of the molecule is COc1cc2c(cc1OC(F)F)C1CC(OC(C)=O)CCC1N=C2c1ccc(C(=O)N(C)C)cc1. The van der Waals surface area contributed by atoms with Gasteiger partial charge in [-0.25, -0.2) is 0 Å². The second-order valence-electron chi connectivity index (χ2n) is 8.94. The van der Waals surface area contributed by atoms with Gasteiger partial charge in [0.2, 0.25) is 0 Å². The Bertz CT molecular complexity index is 1150. The molecule has 2 aromatic carbocycles. The molecule has 1 heterocycles. The quantitative estimate of drug-likeness (QED) is 0.565. The number of fused-ring (bicyclic) bond motifs is 3. The van der Waals surface area contributed by atoms with E-state index < -0.39 is 6.61 Å². The number of rotatable bonds is 6. The molecule has 0 aromatic heterocycles. The van der Waals surface area contributed by atoms with Crippen LogP contribution in [-0.4, -0.2) is 62.5 Å². The van der Waals surface area contributed by atoms with E-state index in [9.17, 15) is 18.4 Å². The standard InChI is InChI=1S/C26H28F2N2O5/c1-14(31)34-17-9-10-21-19(11-17)18-12-23(35-26(27)28)22(33-4)13-20(18)24(29-21)15-5-7-16(8-6-15)25(32)30(2)3/h5-8,12-13,17,19,21,26H,9-11H2,1-4H3. The van der Waals surface area contributed by atoms with Gasteiger partial charge in [-0.05, 0) is 49.1 Å². The molecule has 7 nitrogen and oxygen atoms in total. The number of nitrogens with zero attached hydrogens (tertiary/aromatic N) is 2. The van der Waals surface area contributed by atoms with Gasteiger partial charge in [-0.1, -0.05) is 12.1 Å². The summed E-state index contributed by atoms with van der Waals surface area (Å²) in [6, 6.07) is 10.3. The normalized spacial score (nSPS) is 20.9. The summed E-state index contributed by atoms with van der Waals surface area (Å²) in [5.41, 5.74) is 3.57. The predicted molar refractivity (Wildman–Crippen MR) is 126 cm³/mol. The molecule has 0 N–H and O–H groups in total. The van der Waals surface area contributed by atoms with Gasteiger partial charge >= 0.3 is 12.6 Å². The minimum Gasteiger partial charge on any atom is -0.493 e. The fraction of sp³-hybridized carbons (Fsp3) is 0.423. The number of carbonyl (C=O) groups excluding carboxylic acids is 2. The molecule has 3 unspecified atom stereocenters. The highest BCUT2D eigenvalue weighted by Crippen LogP contribution is 2.45. The van der Waals surface area contributed by atoms with Crippen LogP contribution in [0.5, 0.6) is 11.5 Å². The number of hydrogen-bond acceptors (Lipinski definition) is 6. The third kappa shape index (κ3) is 5.13. The molecule has 4 rings (SSSR count). The fourth-order valence-corrected chi connectivity index (χ4v) is 4.88. The average molecular weight is 487 g/mol. The van der Waals surface area contributed by atoms with Crippen molar-refractivity contribution in [1.29, 1.82) is 0 Å². The molecular formula is C26H28F2N2O5. The van der Waals surface area contributed by atoms with Crippen molar-refractivity contribution in [3.05, 3.63) is 58.7 Å². The van der Waals surface area contributed by atoms with Gasteiger partial charge in [0.15, 0.2) is 11.5 Å². The van der Waals surface area contributed by atoms with Gasteiger partial charge in [0, 0.05) is 43.6 Å². The zero-order valence-corrected chi connectivity index (χ0v) is 20.1. The van der Waals surface area contributed by atoms with Crippen LogP contribution in [0.3, 0.4) is 0 Å². The van der Waals surface area contributed by atoms with E-state index in [1.807, 2.05) is 12.1 Å². The van der Waals surface area contributed by atoms with Crippen molar-refractivity contribution in [2.75, 3.05) is 21.2 Å². The number of hydrogen-bond donors (Lipinski definition) is 0. The molecule has 2 aliphatic rings. The maximum Gasteiger partial charge on any atom is 0.387 e. The minimum atomic E-state index is -3.00. The minimum absolute atomic E-state index is 0.0530. The van der Waals surface area contributed by atoms with Gasteiger partial charge in [-0.3, -0.25) is 14.6 Å². The molecule has 35 heavy (non-hydrogen) atoms. The number of amides is 1. The van der Waals surface area contributed by atoms with Gasteiger partial charge in [-0.15, -0.1) is 0 Å². The monoisotopic (exact) mass is 486 g/mol. The third-order valence-corrected chi connectivity index (χ3v) is 6.41. The van der Waals surface area contributed by atoms with Crippen LogP contribution < -0.4 is 9.47 Å². The lowest BCUT2D eigenvalue weighted by molar-refractivity contribution is -0.148. The average Bonchev–Trinajstić information content (AvgIpc) is 2.82. The van der Waals surface area contributed by atoms with Crippen LogP contribution in [0, 0.1) is 0 Å². The Morgan fingerprint density at radius 1 is 1.09 bits per heavy atom. The predicted octanol–water partition coefficient (Wildman–Crippen LogP) is 4.42. The number of halogens is 2. The summed E-state index contributed by atoms with van der Waals surface area (Å²) >= 11 is 0. The highest BCUT2D eigenvalue weighted by molar-refractivity contribution is 6.15. The Balaban J connectivity index is 1.79. The van der Waals surface area contributed by atoms with Crippen molar-refractivity contribution < 1.29 is 32.6 Å². The number of esters is 1. The third-order valence-electron chi connectivity index (χ3n) is 6.41. The molecule has 186 valence electrons. The Hall–Kier alpha value is -3.49. The fourth-order valence-electron chi connectivity index (χ4n) is 4.88. The van der Waals surface area contributed by atoms with Crippen LogP contribution in [-0.2, 0) is 9.53 Å². The first kappa shape index (κ1) is 24.6. The number of aliphatic imine (C=N–C) groups is 1. The van der Waals surface area contributed by atoms with E-state index in [0.717, 1.165) is 16.7 Å². The Morgan fingerprint density at radius 3 is 2.40 bits per heavy atom. The van der Waals surface area contributed by atoms with Crippen molar-refractivity contribution in [3.8, 4) is 11.5 Å². The van der Waals surface area contributed by atoms with Crippen LogP contribution in [0.15, 0.2) is 41.4 Å². The maximum absolute atomic E-state index is 13.1. The van der Waals surface area contributed by atoms with Crippen LogP contribution in [0.1, 0.15) is 59.2 Å². The van der Waals surface area contributed by atoms with Crippen LogP contribution in [0.25, 0.3) is 0 Å². The molecule has 2 aromatic rings. The van der Waals surface area contributed by atoms with E-state index >= 15 is 0 Å². The summed E-state index contributed by atoms with van der Waals surface area (Å²) in [7, 11) is 4.77. The molecular weight excluding hydrogens is 458 g/mol. The number of ether oxygens (including phenoxy) is 3. The summed E-state index contributed by atoms with van der Waals surface area (Å²) in [4.78, 5) is 30.4. The molecule has 1 aliphatic heterocycles. The molecule has 1 amide bonds. The van der Waals surface area contributed by atoms with Gasteiger partial charge in [0.25, 0.3) is 5.91 Å². The van der Waals surface area contributed by atoms with Crippen molar-refractivity contribution >= 4 is 17.6 Å². The molecule has 1 aliphatic carbocycles. The van der Waals surface area contributed by atoms with Crippen molar-refractivity contribution in [3.63, 3.8) is 0 Å². The van der Waals surface area contributed by atoms with E-state index in [4.69, 9.17) is 19.2 Å². The first-order valence-corrected chi connectivity index (χ1v) is 11.4. The summed E-state index contributed by atoms with van der Waals surface area (Å²) < 4.78 is 41.8. The lowest BCUT2D eigenvalue weighted by Crippen LogP contribution is -2.36. The number of carbonyl (C=O) groups is 2. The number of alkyl halides is 2. The van der Waals surface area contributed by atoms with Crippen molar-refractivity contribution in [1.82, 2.24) is 4.90 Å². The molecule has 1 fully saturated rings. The zero-order valence-electron chi connectivity index (χ0n) is 20.1. The molecule has 0 radical (unpaired) electrons. The highest BCUT2D eigenvalue weighted by Gasteiger charge is 2.39. The van der Waals surface area contributed by atoms with Gasteiger partial charge in [0.1, 0.15) is 6.10 Å². The second kappa shape index (κ2) is 10.0. The summed E-state index contributed by atoms with van der Waals surface area (Å²) in [6.45, 7) is -1.63. The van der Waals surface area contributed by atoms with Gasteiger partial charge in [-0.2, -0.15) is 8.78 Å². The summed E-state index contributed by atoms with van der Waals surface area (Å²) in [5, 5.41) is 0. The smallest absolute Gasteiger partial charge is 0.387 e. The Kier molecular flexibility index (Phi) is 7.05. The zero-order chi connectivity index (χ0) is 25.3. The molecule has 3 atom stereocenters. The molecule has 1 saturated carbocycles. The van der Waals surface area contributed by atoms with Crippen molar-refractivity contribution in [2.24, 2.45) is 4.99 Å². The lowest BCUT2D eigenvalue weighted by atomic mass is 9.74. The summed E-state index contributed by atoms with van der Waals surface area (Å²) in [5.74, 6) is -0.476. The maximum atomic E-state index is 13.1. The lowest BCUT2D eigenvalue weighted by Gasteiger charge is -2.38. The van der Waals surface area contributed by atoms with E-state index in [2.05, 4.69) is 0 Å². The van der Waals surface area contributed by atoms with Crippen LogP contribution >= 0.6 is 0 Å². The molecule has 0 saturated heterocycles. The topological polar surface area (TPSA) is 77.4 Å². The summed E-state index contributed by atoms with van der Waals surface area (Å²) in [6.07, 6.45) is 1.61. The molecule has 9 heteroatoms. The first-order valence-electron chi connectivity index (χ1n) is 11.4. The van der Waals surface area contributed by atoms with E-state index in [0.29, 0.717) is 30.5 Å². The van der Waals surface area contributed by atoms with Crippen LogP contribution in [0.2, 0.25) is 0 Å². The Morgan fingerprint density at radius 2 is 1.80 bits per heavy atom. The molecule has 0 bridgehead atoms. The van der Waals surface area contributed by atoms with Gasteiger partial charge in [0.05, 0.1) is 18.9 Å². The number of methoxy groups -OCH3 is 1. The van der Waals surface area contributed by atoms with E-state index in [-0.39, 0.29) is 41.4 Å². The Labute approximate surface area is 202 Å². The van der Waals surface area contributed by atoms with E-state index in [1.54, 1.807) is 38.4 Å². The largest absolute Gasteiger partial charge is 0.493 e. The highest BCUT2D eigenvalue weighted by atomic mass is 19.3. The second-order valence-corrected chi connectivity index (χ2v) is 8.94.